The largest absolute Gasteiger partial charge is 0.407 e. The highest BCUT2D eigenvalue weighted by Gasteiger charge is 2.35. The molecular weight excluding hydrogens is 399 g/mol. The van der Waals surface area contributed by atoms with Gasteiger partial charge in [-0.3, -0.25) is 14.9 Å². The molecule has 1 aliphatic heterocycles. The fourth-order valence-corrected chi connectivity index (χ4v) is 3.32. The average Bonchev–Trinajstić information content (AvgIpc) is 3.29. The van der Waals surface area contributed by atoms with Gasteiger partial charge in [-0.2, -0.15) is 0 Å². The monoisotopic (exact) mass is 414 g/mol. The van der Waals surface area contributed by atoms with E-state index in [0.29, 0.717) is 17.1 Å². The molecule has 0 bridgehead atoms. The van der Waals surface area contributed by atoms with Crippen molar-refractivity contribution < 1.29 is 18.4 Å². The second kappa shape index (κ2) is 8.00. The zero-order chi connectivity index (χ0) is 20.4. The first-order valence-electron chi connectivity index (χ1n) is 8.91. The third-order valence-corrected chi connectivity index (χ3v) is 4.81. The van der Waals surface area contributed by atoms with Crippen LogP contribution in [0.15, 0.2) is 52.9 Å². The number of nitrogens with zero attached hydrogens (tertiary/aromatic N) is 3. The Kier molecular flexibility index (Phi) is 5.26. The van der Waals surface area contributed by atoms with E-state index in [0.717, 1.165) is 5.69 Å². The van der Waals surface area contributed by atoms with E-state index in [9.17, 15) is 14.0 Å². The van der Waals surface area contributed by atoms with Crippen LogP contribution >= 0.6 is 11.6 Å². The van der Waals surface area contributed by atoms with Crippen molar-refractivity contribution in [3.63, 3.8) is 0 Å². The lowest BCUT2D eigenvalue weighted by molar-refractivity contribution is -0.117. The highest BCUT2D eigenvalue weighted by molar-refractivity contribution is 6.30. The van der Waals surface area contributed by atoms with Crippen LogP contribution in [0.3, 0.4) is 0 Å². The molecule has 148 valence electrons. The molecular formula is C20H16ClFN4O3. The molecule has 1 saturated heterocycles. The zero-order valence-corrected chi connectivity index (χ0v) is 15.9. The van der Waals surface area contributed by atoms with Gasteiger partial charge in [0.2, 0.25) is 17.7 Å². The van der Waals surface area contributed by atoms with Crippen LogP contribution in [-0.4, -0.2) is 28.6 Å². The topological polar surface area (TPSA) is 88.3 Å². The van der Waals surface area contributed by atoms with Crippen molar-refractivity contribution in [1.29, 1.82) is 0 Å². The molecule has 0 aliphatic carbocycles. The fraction of sp³-hybridized carbons (Fsp3) is 0.200. The molecule has 29 heavy (non-hydrogen) atoms. The van der Waals surface area contributed by atoms with Crippen molar-refractivity contribution in [3.05, 3.63) is 70.8 Å². The maximum absolute atomic E-state index is 13.2. The fourth-order valence-electron chi connectivity index (χ4n) is 3.19. The summed E-state index contributed by atoms with van der Waals surface area (Å²) >= 11 is 5.89. The Hall–Kier alpha value is -3.26. The molecule has 2 heterocycles. The van der Waals surface area contributed by atoms with E-state index in [2.05, 4.69) is 15.5 Å². The minimum Gasteiger partial charge on any atom is -0.407 e. The van der Waals surface area contributed by atoms with Gasteiger partial charge in [-0.15, -0.1) is 5.10 Å². The molecule has 9 heteroatoms. The lowest BCUT2D eigenvalue weighted by Crippen LogP contribution is -2.24. The molecule has 2 aromatic carbocycles. The van der Waals surface area contributed by atoms with E-state index < -0.39 is 11.7 Å². The number of hydrogen-bond donors (Lipinski definition) is 1. The number of anilines is 2. The van der Waals surface area contributed by atoms with Gasteiger partial charge in [0.1, 0.15) is 5.82 Å². The number of aromatic nitrogens is 2. The summed E-state index contributed by atoms with van der Waals surface area (Å²) in [7, 11) is 0. The van der Waals surface area contributed by atoms with Crippen LogP contribution in [0.4, 0.5) is 16.1 Å². The first-order valence-corrected chi connectivity index (χ1v) is 9.29. The summed E-state index contributed by atoms with van der Waals surface area (Å²) < 4.78 is 18.7. The van der Waals surface area contributed by atoms with Crippen LogP contribution in [0.25, 0.3) is 0 Å². The summed E-state index contributed by atoms with van der Waals surface area (Å²) in [6, 6.07) is 12.7. The maximum Gasteiger partial charge on any atom is 0.322 e. The smallest absolute Gasteiger partial charge is 0.322 e. The van der Waals surface area contributed by atoms with E-state index in [1.165, 1.54) is 18.2 Å². The molecule has 0 spiro atoms. The molecule has 1 N–H and O–H groups in total. The minimum atomic E-state index is -0.411. The molecule has 4 rings (SSSR count). The predicted molar refractivity (Wildman–Crippen MR) is 104 cm³/mol. The van der Waals surface area contributed by atoms with Gasteiger partial charge in [0.05, 0.1) is 12.3 Å². The van der Waals surface area contributed by atoms with E-state index in [4.69, 9.17) is 16.0 Å². The predicted octanol–water partition coefficient (Wildman–Crippen LogP) is 3.56. The molecule has 0 saturated carbocycles. The lowest BCUT2D eigenvalue weighted by Gasteiger charge is -2.15. The molecule has 1 atom stereocenters. The van der Waals surface area contributed by atoms with Crippen LogP contribution in [-0.2, 0) is 16.0 Å². The Labute approximate surface area is 170 Å². The summed E-state index contributed by atoms with van der Waals surface area (Å²) in [6.07, 6.45) is 0.198. The van der Waals surface area contributed by atoms with E-state index in [1.54, 1.807) is 35.2 Å². The van der Waals surface area contributed by atoms with Crippen molar-refractivity contribution in [1.82, 2.24) is 10.2 Å². The Balaban J connectivity index is 1.39. The number of nitrogens with one attached hydrogen (secondary N) is 1. The molecule has 1 aliphatic rings. The normalized spacial score (nSPS) is 16.3. The van der Waals surface area contributed by atoms with Gasteiger partial charge in [0.25, 0.3) is 0 Å². The molecule has 7 nitrogen and oxygen atoms in total. The Morgan fingerprint density at radius 1 is 1.24 bits per heavy atom. The van der Waals surface area contributed by atoms with Gasteiger partial charge >= 0.3 is 6.01 Å². The maximum atomic E-state index is 13.2. The Morgan fingerprint density at radius 3 is 2.79 bits per heavy atom. The average molecular weight is 415 g/mol. The van der Waals surface area contributed by atoms with Crippen molar-refractivity contribution in [2.24, 2.45) is 0 Å². The quantitative estimate of drug-likeness (QED) is 0.689. The molecule has 2 amide bonds. The van der Waals surface area contributed by atoms with Gasteiger partial charge in [0.15, 0.2) is 0 Å². The van der Waals surface area contributed by atoms with Crippen LogP contribution in [0.1, 0.15) is 23.8 Å². The van der Waals surface area contributed by atoms with Gasteiger partial charge in [-0.25, -0.2) is 4.39 Å². The van der Waals surface area contributed by atoms with Gasteiger partial charge in [0, 0.05) is 23.7 Å². The van der Waals surface area contributed by atoms with Gasteiger partial charge in [-0.05, 0) is 42.0 Å². The highest BCUT2D eigenvalue weighted by atomic mass is 35.5. The second-order valence-corrected chi connectivity index (χ2v) is 7.12. The first kappa shape index (κ1) is 19.1. The molecule has 1 fully saturated rings. The summed E-state index contributed by atoms with van der Waals surface area (Å²) in [5.41, 5.74) is 1.27. The summed E-state index contributed by atoms with van der Waals surface area (Å²) in [4.78, 5) is 26.1. The van der Waals surface area contributed by atoms with Crippen molar-refractivity contribution in [2.45, 2.75) is 18.8 Å². The number of benzene rings is 2. The highest BCUT2D eigenvalue weighted by Crippen LogP contribution is 2.32. The van der Waals surface area contributed by atoms with Crippen LogP contribution < -0.4 is 10.2 Å². The number of carbonyl (C=O) groups is 2. The van der Waals surface area contributed by atoms with Crippen molar-refractivity contribution in [3.8, 4) is 0 Å². The molecule has 0 radical (unpaired) electrons. The van der Waals surface area contributed by atoms with Gasteiger partial charge in [-0.1, -0.05) is 28.8 Å². The SMILES string of the molecule is O=C(Cc1cccc(F)c1)Nc1nnc([C@H]2CC(=O)N(c3ccc(Cl)cc3)C2)o1. The Morgan fingerprint density at radius 2 is 2.03 bits per heavy atom. The first-order chi connectivity index (χ1) is 14.0. The summed E-state index contributed by atoms with van der Waals surface area (Å²) in [5.74, 6) is -0.884. The van der Waals surface area contributed by atoms with Gasteiger partial charge < -0.3 is 9.32 Å². The molecule has 0 unspecified atom stereocenters. The number of hydrogen-bond acceptors (Lipinski definition) is 5. The van der Waals surface area contributed by atoms with E-state index in [-0.39, 0.29) is 36.6 Å². The number of amides is 2. The third-order valence-electron chi connectivity index (χ3n) is 4.55. The van der Waals surface area contributed by atoms with E-state index >= 15 is 0 Å². The summed E-state index contributed by atoms with van der Waals surface area (Å²) in [5, 5.41) is 10.9. The lowest BCUT2D eigenvalue weighted by atomic mass is 10.1. The second-order valence-electron chi connectivity index (χ2n) is 6.68. The van der Waals surface area contributed by atoms with Crippen LogP contribution in [0.5, 0.6) is 0 Å². The standard InChI is InChI=1S/C20H16ClFN4O3/c21-14-4-6-16(7-5-14)26-11-13(10-18(26)28)19-24-25-20(29-19)23-17(27)9-12-2-1-3-15(22)8-12/h1-8,13H,9-11H2,(H,23,25,27)/t13-/m0/s1. The minimum absolute atomic E-state index is 0.0261. The van der Waals surface area contributed by atoms with Crippen LogP contribution in [0, 0.1) is 5.82 Å². The van der Waals surface area contributed by atoms with Crippen LogP contribution in [0.2, 0.25) is 5.02 Å². The van der Waals surface area contributed by atoms with E-state index in [1.807, 2.05) is 0 Å². The van der Waals surface area contributed by atoms with Crippen molar-refractivity contribution >= 4 is 35.1 Å². The number of carbonyl (C=O) groups excluding carboxylic acids is 2. The number of halogens is 2. The number of rotatable bonds is 5. The molecule has 3 aromatic rings. The third kappa shape index (κ3) is 4.43. The zero-order valence-electron chi connectivity index (χ0n) is 15.1. The Bertz CT molecular complexity index is 1050. The molecule has 1 aromatic heterocycles. The van der Waals surface area contributed by atoms with Crippen molar-refractivity contribution in [2.75, 3.05) is 16.8 Å². The summed E-state index contributed by atoms with van der Waals surface area (Å²) in [6.45, 7) is 0.388.